The summed E-state index contributed by atoms with van der Waals surface area (Å²) in [6, 6.07) is 9.39. The SMILES string of the molecule is CCCCc1ccc(OCCC2CCCC2NCC)cc1. The molecule has 0 aliphatic heterocycles. The molecule has 2 rings (SSSR count). The highest BCUT2D eigenvalue weighted by Crippen LogP contribution is 2.28. The number of unbranched alkanes of at least 4 members (excludes halogenated alkanes) is 1. The molecule has 0 bridgehead atoms. The number of nitrogens with one attached hydrogen (secondary N) is 1. The molecule has 2 atom stereocenters. The quantitative estimate of drug-likeness (QED) is 0.718. The van der Waals surface area contributed by atoms with Gasteiger partial charge in [-0.15, -0.1) is 0 Å². The fourth-order valence-corrected chi connectivity index (χ4v) is 3.37. The van der Waals surface area contributed by atoms with Crippen LogP contribution in [0.15, 0.2) is 24.3 Å². The minimum absolute atomic E-state index is 0.718. The molecule has 0 aromatic heterocycles. The lowest BCUT2D eigenvalue weighted by Crippen LogP contribution is -2.32. The Morgan fingerprint density at radius 1 is 1.14 bits per heavy atom. The molecule has 0 saturated heterocycles. The lowest BCUT2D eigenvalue weighted by atomic mass is 10.00. The van der Waals surface area contributed by atoms with E-state index in [1.807, 2.05) is 0 Å². The average Bonchev–Trinajstić information content (AvgIpc) is 2.94. The summed E-state index contributed by atoms with van der Waals surface area (Å²) in [5.74, 6) is 1.82. The molecule has 0 amide bonds. The molecular formula is C19H31NO. The van der Waals surface area contributed by atoms with Gasteiger partial charge < -0.3 is 10.1 Å². The molecule has 21 heavy (non-hydrogen) atoms. The smallest absolute Gasteiger partial charge is 0.119 e. The van der Waals surface area contributed by atoms with E-state index >= 15 is 0 Å². The van der Waals surface area contributed by atoms with Crippen molar-refractivity contribution >= 4 is 0 Å². The predicted octanol–water partition coefficient (Wildman–Crippen LogP) is 4.58. The molecule has 2 heteroatoms. The molecule has 2 nitrogen and oxygen atoms in total. The molecule has 0 radical (unpaired) electrons. The predicted molar refractivity (Wildman–Crippen MR) is 90.0 cm³/mol. The zero-order chi connectivity index (χ0) is 14.9. The second-order valence-corrected chi connectivity index (χ2v) is 6.24. The topological polar surface area (TPSA) is 21.3 Å². The Kier molecular flexibility index (Phi) is 7.08. The summed E-state index contributed by atoms with van der Waals surface area (Å²) < 4.78 is 5.93. The van der Waals surface area contributed by atoms with Gasteiger partial charge in [0, 0.05) is 6.04 Å². The van der Waals surface area contributed by atoms with Crippen LogP contribution in [0.1, 0.15) is 57.9 Å². The third-order valence-electron chi connectivity index (χ3n) is 4.63. The molecule has 1 saturated carbocycles. The molecule has 1 aromatic rings. The van der Waals surface area contributed by atoms with Crippen molar-refractivity contribution in [3.63, 3.8) is 0 Å². The summed E-state index contributed by atoms with van der Waals surface area (Å²) in [5.41, 5.74) is 1.42. The third-order valence-corrected chi connectivity index (χ3v) is 4.63. The summed E-state index contributed by atoms with van der Waals surface area (Å²) in [6.45, 7) is 6.37. The molecule has 1 aliphatic carbocycles. The van der Waals surface area contributed by atoms with Crippen LogP contribution in [0.5, 0.6) is 5.75 Å². The Bertz CT molecular complexity index is 387. The van der Waals surface area contributed by atoms with E-state index in [1.165, 1.54) is 50.5 Å². The molecule has 0 heterocycles. The lowest BCUT2D eigenvalue weighted by Gasteiger charge is -2.20. The first-order chi connectivity index (χ1) is 10.3. The molecule has 0 spiro atoms. The van der Waals surface area contributed by atoms with E-state index in [9.17, 15) is 0 Å². The third kappa shape index (κ3) is 5.35. The van der Waals surface area contributed by atoms with Crippen LogP contribution < -0.4 is 10.1 Å². The summed E-state index contributed by atoms with van der Waals surface area (Å²) >= 11 is 0. The number of rotatable bonds is 9. The van der Waals surface area contributed by atoms with Crippen LogP contribution in [0.3, 0.4) is 0 Å². The Balaban J connectivity index is 1.70. The first-order valence-corrected chi connectivity index (χ1v) is 8.78. The van der Waals surface area contributed by atoms with E-state index in [2.05, 4.69) is 43.4 Å². The molecule has 1 N–H and O–H groups in total. The maximum atomic E-state index is 5.93. The second kappa shape index (κ2) is 9.09. The summed E-state index contributed by atoms with van der Waals surface area (Å²) in [5, 5.41) is 3.61. The molecule has 1 aliphatic rings. The normalized spacial score (nSPS) is 21.6. The highest BCUT2D eigenvalue weighted by atomic mass is 16.5. The van der Waals surface area contributed by atoms with Gasteiger partial charge in [0.05, 0.1) is 6.61 Å². The van der Waals surface area contributed by atoms with Gasteiger partial charge in [-0.1, -0.05) is 38.8 Å². The highest BCUT2D eigenvalue weighted by Gasteiger charge is 2.25. The fourth-order valence-electron chi connectivity index (χ4n) is 3.37. The van der Waals surface area contributed by atoms with Crippen molar-refractivity contribution in [2.24, 2.45) is 5.92 Å². The van der Waals surface area contributed by atoms with Gasteiger partial charge >= 0.3 is 0 Å². The zero-order valence-corrected chi connectivity index (χ0v) is 13.7. The van der Waals surface area contributed by atoms with Crippen molar-refractivity contribution in [2.75, 3.05) is 13.2 Å². The molecule has 118 valence electrons. The highest BCUT2D eigenvalue weighted by molar-refractivity contribution is 5.27. The fraction of sp³-hybridized carbons (Fsp3) is 0.684. The molecular weight excluding hydrogens is 258 g/mol. The van der Waals surface area contributed by atoms with Gasteiger partial charge in [0.2, 0.25) is 0 Å². The number of benzene rings is 1. The largest absolute Gasteiger partial charge is 0.494 e. The van der Waals surface area contributed by atoms with Crippen LogP contribution in [0, 0.1) is 5.92 Å². The van der Waals surface area contributed by atoms with Crippen molar-refractivity contribution < 1.29 is 4.74 Å². The van der Waals surface area contributed by atoms with Crippen LogP contribution >= 0.6 is 0 Å². The minimum Gasteiger partial charge on any atom is -0.494 e. The van der Waals surface area contributed by atoms with Gasteiger partial charge in [-0.2, -0.15) is 0 Å². The van der Waals surface area contributed by atoms with Crippen molar-refractivity contribution in [3.8, 4) is 5.75 Å². The molecule has 1 aromatic carbocycles. The van der Waals surface area contributed by atoms with E-state index in [0.717, 1.165) is 30.9 Å². The number of hydrogen-bond donors (Lipinski definition) is 1. The lowest BCUT2D eigenvalue weighted by molar-refractivity contribution is 0.261. The summed E-state index contributed by atoms with van der Waals surface area (Å²) in [7, 11) is 0. The van der Waals surface area contributed by atoms with E-state index in [4.69, 9.17) is 4.74 Å². The Morgan fingerprint density at radius 3 is 2.67 bits per heavy atom. The number of ether oxygens (including phenoxy) is 1. The van der Waals surface area contributed by atoms with Crippen molar-refractivity contribution in [1.82, 2.24) is 5.32 Å². The van der Waals surface area contributed by atoms with E-state index in [0.29, 0.717) is 0 Å². The molecule has 1 fully saturated rings. The van der Waals surface area contributed by atoms with Gasteiger partial charge in [0.25, 0.3) is 0 Å². The number of aryl methyl sites for hydroxylation is 1. The average molecular weight is 289 g/mol. The maximum absolute atomic E-state index is 5.93. The maximum Gasteiger partial charge on any atom is 0.119 e. The van der Waals surface area contributed by atoms with Gasteiger partial charge in [0.15, 0.2) is 0 Å². The van der Waals surface area contributed by atoms with Gasteiger partial charge in [0.1, 0.15) is 5.75 Å². The van der Waals surface area contributed by atoms with E-state index in [-0.39, 0.29) is 0 Å². The number of hydrogen-bond acceptors (Lipinski definition) is 2. The van der Waals surface area contributed by atoms with Crippen LogP contribution in [0.4, 0.5) is 0 Å². The zero-order valence-electron chi connectivity index (χ0n) is 13.7. The van der Waals surface area contributed by atoms with Crippen LogP contribution in [0.25, 0.3) is 0 Å². The van der Waals surface area contributed by atoms with Crippen molar-refractivity contribution in [2.45, 2.75) is 64.8 Å². The Morgan fingerprint density at radius 2 is 1.95 bits per heavy atom. The van der Waals surface area contributed by atoms with Crippen molar-refractivity contribution in [1.29, 1.82) is 0 Å². The summed E-state index contributed by atoms with van der Waals surface area (Å²) in [6.07, 6.45) is 8.95. The first-order valence-electron chi connectivity index (χ1n) is 8.78. The van der Waals surface area contributed by atoms with Crippen molar-refractivity contribution in [3.05, 3.63) is 29.8 Å². The minimum atomic E-state index is 0.718. The standard InChI is InChI=1S/C19H31NO/c1-3-5-7-16-10-12-18(13-11-16)21-15-14-17-8-6-9-19(17)20-4-2/h10-13,17,19-20H,3-9,14-15H2,1-2H3. The summed E-state index contributed by atoms with van der Waals surface area (Å²) in [4.78, 5) is 0. The van der Waals surface area contributed by atoms with Gasteiger partial charge in [-0.3, -0.25) is 0 Å². The van der Waals surface area contributed by atoms with Crippen LogP contribution in [0.2, 0.25) is 0 Å². The monoisotopic (exact) mass is 289 g/mol. The van der Waals surface area contributed by atoms with E-state index < -0.39 is 0 Å². The molecule has 2 unspecified atom stereocenters. The van der Waals surface area contributed by atoms with Crippen LogP contribution in [-0.4, -0.2) is 19.2 Å². The first kappa shape index (κ1) is 16.4. The van der Waals surface area contributed by atoms with Gasteiger partial charge in [-0.25, -0.2) is 0 Å². The van der Waals surface area contributed by atoms with Gasteiger partial charge in [-0.05, 0) is 62.3 Å². The van der Waals surface area contributed by atoms with E-state index in [1.54, 1.807) is 0 Å². The Labute approximate surface area is 130 Å². The Hall–Kier alpha value is -1.02. The second-order valence-electron chi connectivity index (χ2n) is 6.24. The van der Waals surface area contributed by atoms with Crippen LogP contribution in [-0.2, 0) is 6.42 Å².